The van der Waals surface area contributed by atoms with Gasteiger partial charge in [0.1, 0.15) is 4.90 Å². The number of amides is 1. The fraction of sp³-hybridized carbons (Fsp3) is 0.364. The highest BCUT2D eigenvalue weighted by Gasteiger charge is 2.31. The predicted octanol–water partition coefficient (Wildman–Crippen LogP) is 3.72. The first-order valence-corrected chi connectivity index (χ1v) is 12.3. The van der Waals surface area contributed by atoms with Crippen molar-refractivity contribution in [2.45, 2.75) is 43.7 Å². The minimum Gasteiger partial charge on any atom is -0.324 e. The van der Waals surface area contributed by atoms with Crippen molar-refractivity contribution >= 4 is 32.2 Å². The smallest absolute Gasteiger partial charge is 0.324 e. The van der Waals surface area contributed by atoms with Crippen LogP contribution in [-0.4, -0.2) is 34.8 Å². The zero-order valence-corrected chi connectivity index (χ0v) is 18.9. The van der Waals surface area contributed by atoms with E-state index in [0.29, 0.717) is 10.7 Å². The van der Waals surface area contributed by atoms with Gasteiger partial charge in [0, 0.05) is 11.3 Å². The Morgan fingerprint density at radius 3 is 2.53 bits per heavy atom. The third kappa shape index (κ3) is 4.54. The van der Waals surface area contributed by atoms with Crippen molar-refractivity contribution in [2.75, 3.05) is 11.1 Å². The number of rotatable bonds is 5. The molecule has 1 fully saturated rings. The number of fused-ring (bicyclic) bond motifs is 1. The minimum absolute atomic E-state index is 0.140. The largest absolute Gasteiger partial charge is 0.416 e. The highest BCUT2D eigenvalue weighted by molar-refractivity contribution is 7.91. The Morgan fingerprint density at radius 2 is 1.88 bits per heavy atom. The van der Waals surface area contributed by atoms with Crippen molar-refractivity contribution in [3.05, 3.63) is 52.6 Å². The van der Waals surface area contributed by atoms with Crippen LogP contribution < -0.4 is 10.9 Å². The van der Waals surface area contributed by atoms with Crippen LogP contribution in [0.4, 0.5) is 18.9 Å². The molecule has 8 nitrogen and oxygen atoms in total. The maximum absolute atomic E-state index is 13.1. The number of carbonyl (C=O) groups is 1. The van der Waals surface area contributed by atoms with E-state index in [-0.39, 0.29) is 44.8 Å². The number of hydrogen-bond donors (Lipinski definition) is 1. The summed E-state index contributed by atoms with van der Waals surface area (Å²) < 4.78 is 65.7. The van der Waals surface area contributed by atoms with Gasteiger partial charge in [0.15, 0.2) is 15.7 Å². The average Bonchev–Trinajstić information content (AvgIpc) is 3.34. The van der Waals surface area contributed by atoms with Crippen molar-refractivity contribution in [1.82, 2.24) is 14.8 Å². The molecule has 0 saturated heterocycles. The van der Waals surface area contributed by atoms with Gasteiger partial charge < -0.3 is 5.32 Å². The van der Waals surface area contributed by atoms with Crippen LogP contribution in [0.5, 0.6) is 0 Å². The van der Waals surface area contributed by atoms with Gasteiger partial charge in [-0.1, -0.05) is 25.8 Å². The second-order valence-electron chi connectivity index (χ2n) is 8.08. The van der Waals surface area contributed by atoms with Crippen molar-refractivity contribution in [3.8, 4) is 5.82 Å². The minimum atomic E-state index is -4.66. The number of halogens is 3. The molecule has 2 heterocycles. The van der Waals surface area contributed by atoms with E-state index in [4.69, 9.17) is 0 Å². The summed E-state index contributed by atoms with van der Waals surface area (Å²) in [7, 11) is -3.95. The van der Waals surface area contributed by atoms with Crippen LogP contribution in [0.1, 0.15) is 38.2 Å². The molecule has 1 aromatic carbocycles. The topological polar surface area (TPSA) is 111 Å². The standard InChI is InChI=1S/C22H21F3N4O4S/c1-2-34(32,33)18-10-16(28-20(30)13-5-3-4-6-13)12-26-19(18)29-21(31)17-9-15(22(23,24)25)8-7-14(17)11-27-29/h7-13H,2-6H2,1H3,(H,28,30). The Balaban J connectivity index is 1.83. The fourth-order valence-electron chi connectivity index (χ4n) is 3.95. The molecule has 3 aromatic rings. The van der Waals surface area contributed by atoms with Gasteiger partial charge in [-0.2, -0.15) is 23.0 Å². The van der Waals surface area contributed by atoms with Gasteiger partial charge in [-0.05, 0) is 31.0 Å². The summed E-state index contributed by atoms with van der Waals surface area (Å²) in [4.78, 5) is 29.2. The molecule has 180 valence electrons. The molecule has 0 bridgehead atoms. The van der Waals surface area contributed by atoms with Crippen LogP contribution >= 0.6 is 0 Å². The molecule has 0 aliphatic heterocycles. The van der Waals surface area contributed by atoms with Crippen molar-refractivity contribution in [1.29, 1.82) is 0 Å². The lowest BCUT2D eigenvalue weighted by molar-refractivity contribution is -0.137. The Morgan fingerprint density at radius 1 is 1.18 bits per heavy atom. The first-order valence-electron chi connectivity index (χ1n) is 10.6. The number of nitrogens with one attached hydrogen (secondary N) is 1. The maximum Gasteiger partial charge on any atom is 0.416 e. The Kier molecular flexibility index (Phi) is 6.19. The van der Waals surface area contributed by atoms with E-state index in [9.17, 15) is 31.2 Å². The van der Waals surface area contributed by atoms with Gasteiger partial charge >= 0.3 is 6.18 Å². The van der Waals surface area contributed by atoms with E-state index in [0.717, 1.165) is 44.0 Å². The quantitative estimate of drug-likeness (QED) is 0.579. The van der Waals surface area contributed by atoms with Crippen molar-refractivity contribution in [2.24, 2.45) is 5.92 Å². The zero-order chi connectivity index (χ0) is 24.7. The second-order valence-corrected chi connectivity index (χ2v) is 10.3. The van der Waals surface area contributed by atoms with E-state index >= 15 is 0 Å². The number of anilines is 1. The third-order valence-corrected chi connectivity index (χ3v) is 7.59. The second kappa shape index (κ2) is 8.82. The summed E-state index contributed by atoms with van der Waals surface area (Å²) in [6.07, 6.45) is 1.07. The normalized spacial score (nSPS) is 15.1. The summed E-state index contributed by atoms with van der Waals surface area (Å²) in [5.41, 5.74) is -1.83. The zero-order valence-electron chi connectivity index (χ0n) is 18.1. The first-order chi connectivity index (χ1) is 16.0. The number of aromatic nitrogens is 3. The SMILES string of the molecule is CCS(=O)(=O)c1cc(NC(=O)C2CCCC2)cnc1-n1ncc2ccc(C(F)(F)F)cc2c1=O. The number of sulfone groups is 1. The summed E-state index contributed by atoms with van der Waals surface area (Å²) >= 11 is 0. The molecule has 1 N–H and O–H groups in total. The summed E-state index contributed by atoms with van der Waals surface area (Å²) in [5, 5.41) is 6.48. The van der Waals surface area contributed by atoms with E-state index in [2.05, 4.69) is 15.4 Å². The number of benzene rings is 1. The average molecular weight is 494 g/mol. The molecule has 0 atom stereocenters. The Bertz CT molecular complexity index is 1430. The molecule has 0 unspecified atom stereocenters. The van der Waals surface area contributed by atoms with Crippen LogP contribution in [0.15, 0.2) is 46.3 Å². The van der Waals surface area contributed by atoms with Crippen LogP contribution in [-0.2, 0) is 20.8 Å². The van der Waals surface area contributed by atoms with Gasteiger partial charge in [-0.15, -0.1) is 0 Å². The van der Waals surface area contributed by atoms with Crippen LogP contribution in [0.3, 0.4) is 0 Å². The molecule has 0 radical (unpaired) electrons. The molecule has 2 aromatic heterocycles. The summed E-state index contributed by atoms with van der Waals surface area (Å²) in [6.45, 7) is 1.40. The van der Waals surface area contributed by atoms with E-state index in [1.807, 2.05) is 0 Å². The molecule has 0 spiro atoms. The number of carbonyl (C=O) groups excluding carboxylic acids is 1. The lowest BCUT2D eigenvalue weighted by Crippen LogP contribution is -2.25. The predicted molar refractivity (Wildman–Crippen MR) is 118 cm³/mol. The Labute approximate surface area is 192 Å². The fourth-order valence-corrected chi connectivity index (χ4v) is 4.98. The number of nitrogens with zero attached hydrogens (tertiary/aromatic N) is 3. The van der Waals surface area contributed by atoms with Crippen LogP contribution in [0, 0.1) is 5.92 Å². The van der Waals surface area contributed by atoms with Crippen LogP contribution in [0.2, 0.25) is 0 Å². The number of pyridine rings is 1. The number of alkyl halides is 3. The molecular formula is C22H21F3N4O4S. The van der Waals surface area contributed by atoms with E-state index in [1.54, 1.807) is 0 Å². The van der Waals surface area contributed by atoms with Gasteiger partial charge in [0.2, 0.25) is 5.91 Å². The Hall–Kier alpha value is -3.28. The summed E-state index contributed by atoms with van der Waals surface area (Å²) in [5.74, 6) is -1.10. The maximum atomic E-state index is 13.1. The summed E-state index contributed by atoms with van der Waals surface area (Å²) in [6, 6.07) is 3.84. The van der Waals surface area contributed by atoms with Crippen molar-refractivity contribution in [3.63, 3.8) is 0 Å². The molecule has 1 aliphatic rings. The lowest BCUT2D eigenvalue weighted by atomic mass is 10.1. The molecule has 1 aliphatic carbocycles. The molecule has 12 heteroatoms. The monoisotopic (exact) mass is 494 g/mol. The molecule has 1 saturated carbocycles. The molecule has 1 amide bonds. The van der Waals surface area contributed by atoms with Gasteiger partial charge in [-0.25, -0.2) is 13.4 Å². The highest BCUT2D eigenvalue weighted by atomic mass is 32.2. The molecule has 4 rings (SSSR count). The lowest BCUT2D eigenvalue weighted by Gasteiger charge is -2.14. The van der Waals surface area contributed by atoms with Gasteiger partial charge in [0.25, 0.3) is 5.56 Å². The van der Waals surface area contributed by atoms with Crippen LogP contribution in [0.25, 0.3) is 16.6 Å². The van der Waals surface area contributed by atoms with Gasteiger partial charge in [-0.3, -0.25) is 9.59 Å². The van der Waals surface area contributed by atoms with Gasteiger partial charge in [0.05, 0.1) is 34.8 Å². The molecule has 34 heavy (non-hydrogen) atoms. The van der Waals surface area contributed by atoms with E-state index in [1.165, 1.54) is 19.2 Å². The first kappa shape index (κ1) is 23.9. The van der Waals surface area contributed by atoms with E-state index < -0.39 is 27.1 Å². The number of hydrogen-bond acceptors (Lipinski definition) is 6. The van der Waals surface area contributed by atoms with Crippen molar-refractivity contribution < 1.29 is 26.4 Å². The molecular weight excluding hydrogens is 473 g/mol. The third-order valence-electron chi connectivity index (χ3n) is 5.86. The highest BCUT2D eigenvalue weighted by Crippen LogP contribution is 2.31.